The highest BCUT2D eigenvalue weighted by Gasteiger charge is 2.44. The molecular weight excluding hydrogens is 324 g/mol. The van der Waals surface area contributed by atoms with E-state index in [1.54, 1.807) is 12.4 Å². The van der Waals surface area contributed by atoms with Crippen molar-refractivity contribution in [3.63, 3.8) is 0 Å². The van der Waals surface area contributed by atoms with Gasteiger partial charge < -0.3 is 5.32 Å². The van der Waals surface area contributed by atoms with Crippen LogP contribution in [0, 0.1) is 19.8 Å². The number of imidazole rings is 1. The second-order valence-corrected chi connectivity index (χ2v) is 6.85. The summed E-state index contributed by atoms with van der Waals surface area (Å²) in [6.07, 6.45) is 6.33. The smallest absolute Gasteiger partial charge is 0.224 e. The Balaban J connectivity index is 1.44. The standard InChI is InChI=1S/C21H22N4O/c1-14-6-3-4-8-17(14)18-12-19(18)21(26)24-13-16-7-5-9-23-20(16)25-11-10-22-15(25)2/h3-11,18-19H,12-13H2,1-2H3,(H,24,26)/t18-,19+/m1/s1. The molecule has 26 heavy (non-hydrogen) atoms. The van der Waals surface area contributed by atoms with Crippen LogP contribution >= 0.6 is 0 Å². The van der Waals surface area contributed by atoms with E-state index in [-0.39, 0.29) is 11.8 Å². The minimum absolute atomic E-state index is 0.0752. The Morgan fingerprint density at radius 3 is 2.77 bits per heavy atom. The minimum Gasteiger partial charge on any atom is -0.352 e. The van der Waals surface area contributed by atoms with Crippen LogP contribution in [0.4, 0.5) is 0 Å². The van der Waals surface area contributed by atoms with Gasteiger partial charge in [-0.25, -0.2) is 9.97 Å². The van der Waals surface area contributed by atoms with E-state index in [1.807, 2.05) is 42.0 Å². The quantitative estimate of drug-likeness (QED) is 0.771. The highest BCUT2D eigenvalue weighted by molar-refractivity contribution is 5.83. The Morgan fingerprint density at radius 2 is 2.00 bits per heavy atom. The van der Waals surface area contributed by atoms with Gasteiger partial charge in [-0.1, -0.05) is 30.3 Å². The van der Waals surface area contributed by atoms with Gasteiger partial charge in [0, 0.05) is 36.6 Å². The average molecular weight is 346 g/mol. The third-order valence-electron chi connectivity index (χ3n) is 5.09. The summed E-state index contributed by atoms with van der Waals surface area (Å²) in [5.74, 6) is 2.23. The number of rotatable bonds is 5. The van der Waals surface area contributed by atoms with Crippen LogP contribution in [-0.4, -0.2) is 20.4 Å². The van der Waals surface area contributed by atoms with Gasteiger partial charge in [-0.2, -0.15) is 0 Å². The van der Waals surface area contributed by atoms with Gasteiger partial charge in [0.2, 0.25) is 5.91 Å². The summed E-state index contributed by atoms with van der Waals surface area (Å²) in [6.45, 7) is 4.52. The van der Waals surface area contributed by atoms with Crippen molar-refractivity contribution >= 4 is 5.91 Å². The number of amides is 1. The molecule has 0 radical (unpaired) electrons. The van der Waals surface area contributed by atoms with Crippen LogP contribution in [0.5, 0.6) is 0 Å². The number of nitrogens with one attached hydrogen (secondary N) is 1. The van der Waals surface area contributed by atoms with Gasteiger partial charge in [0.25, 0.3) is 0 Å². The molecule has 0 spiro atoms. The second kappa shape index (κ2) is 6.75. The largest absolute Gasteiger partial charge is 0.352 e. The first-order valence-corrected chi connectivity index (χ1v) is 8.92. The van der Waals surface area contributed by atoms with Gasteiger partial charge in [0.1, 0.15) is 11.6 Å². The van der Waals surface area contributed by atoms with E-state index in [2.05, 4.69) is 34.3 Å². The number of nitrogens with zero attached hydrogens (tertiary/aromatic N) is 3. The Kier molecular flexibility index (Phi) is 4.29. The average Bonchev–Trinajstić information content (AvgIpc) is 3.34. The number of carbonyl (C=O) groups is 1. The molecule has 1 fully saturated rings. The van der Waals surface area contributed by atoms with Gasteiger partial charge in [0.15, 0.2) is 0 Å². The number of benzene rings is 1. The van der Waals surface area contributed by atoms with E-state index in [4.69, 9.17) is 0 Å². The monoisotopic (exact) mass is 346 g/mol. The lowest BCUT2D eigenvalue weighted by atomic mass is 10.0. The summed E-state index contributed by atoms with van der Waals surface area (Å²) in [7, 11) is 0. The van der Waals surface area contributed by atoms with Crippen molar-refractivity contribution in [1.82, 2.24) is 19.9 Å². The van der Waals surface area contributed by atoms with Gasteiger partial charge >= 0.3 is 0 Å². The lowest BCUT2D eigenvalue weighted by Gasteiger charge is -2.11. The maximum absolute atomic E-state index is 12.6. The zero-order valence-electron chi connectivity index (χ0n) is 15.0. The van der Waals surface area contributed by atoms with Crippen molar-refractivity contribution in [2.45, 2.75) is 32.7 Å². The van der Waals surface area contributed by atoms with Crippen molar-refractivity contribution in [3.8, 4) is 5.82 Å². The lowest BCUT2D eigenvalue weighted by molar-refractivity contribution is -0.122. The van der Waals surface area contributed by atoms with Gasteiger partial charge in [-0.3, -0.25) is 9.36 Å². The van der Waals surface area contributed by atoms with E-state index in [0.717, 1.165) is 23.6 Å². The summed E-state index contributed by atoms with van der Waals surface area (Å²) in [6, 6.07) is 12.2. The van der Waals surface area contributed by atoms with E-state index in [1.165, 1.54) is 11.1 Å². The molecule has 1 N–H and O–H groups in total. The molecule has 2 heterocycles. The first-order chi connectivity index (χ1) is 12.6. The molecule has 0 unspecified atom stereocenters. The molecule has 0 saturated heterocycles. The number of carbonyl (C=O) groups excluding carboxylic acids is 1. The molecule has 1 aliphatic rings. The summed E-state index contributed by atoms with van der Waals surface area (Å²) in [5.41, 5.74) is 3.54. The zero-order chi connectivity index (χ0) is 18.1. The predicted molar refractivity (Wildman–Crippen MR) is 100.0 cm³/mol. The molecule has 5 nitrogen and oxygen atoms in total. The van der Waals surface area contributed by atoms with E-state index >= 15 is 0 Å². The molecular formula is C21H22N4O. The normalized spacial score (nSPS) is 18.5. The molecule has 1 aromatic carbocycles. The van der Waals surface area contributed by atoms with Crippen LogP contribution in [0.3, 0.4) is 0 Å². The van der Waals surface area contributed by atoms with Crippen LogP contribution in [0.15, 0.2) is 55.0 Å². The number of aryl methyl sites for hydroxylation is 2. The van der Waals surface area contributed by atoms with Crippen LogP contribution in [0.25, 0.3) is 5.82 Å². The SMILES string of the molecule is Cc1ccccc1[C@H]1C[C@@H]1C(=O)NCc1cccnc1-n1ccnc1C. The summed E-state index contributed by atoms with van der Waals surface area (Å²) < 4.78 is 1.94. The Bertz CT molecular complexity index is 946. The molecule has 2 aromatic heterocycles. The third kappa shape index (κ3) is 3.12. The fourth-order valence-corrected chi connectivity index (χ4v) is 3.53. The maximum atomic E-state index is 12.6. The fraction of sp³-hybridized carbons (Fsp3) is 0.286. The van der Waals surface area contributed by atoms with Crippen molar-refractivity contribution in [1.29, 1.82) is 0 Å². The lowest BCUT2D eigenvalue weighted by Crippen LogP contribution is -2.25. The topological polar surface area (TPSA) is 59.8 Å². The Hall–Kier alpha value is -2.95. The molecule has 0 aliphatic heterocycles. The third-order valence-corrected chi connectivity index (χ3v) is 5.09. The van der Waals surface area contributed by atoms with Crippen LogP contribution in [-0.2, 0) is 11.3 Å². The molecule has 5 heteroatoms. The highest BCUT2D eigenvalue weighted by Crippen LogP contribution is 2.48. The van der Waals surface area contributed by atoms with E-state index < -0.39 is 0 Å². The summed E-state index contributed by atoms with van der Waals surface area (Å²) in [5, 5.41) is 3.09. The van der Waals surface area contributed by atoms with Crippen LogP contribution < -0.4 is 5.32 Å². The van der Waals surface area contributed by atoms with E-state index in [9.17, 15) is 4.79 Å². The number of aromatic nitrogens is 3. The first kappa shape index (κ1) is 16.5. The van der Waals surface area contributed by atoms with Crippen molar-refractivity contribution in [2.24, 2.45) is 5.92 Å². The molecule has 4 rings (SSSR count). The zero-order valence-corrected chi connectivity index (χ0v) is 15.0. The van der Waals surface area contributed by atoms with Gasteiger partial charge in [0.05, 0.1) is 0 Å². The molecule has 2 atom stereocenters. The van der Waals surface area contributed by atoms with Crippen LogP contribution in [0.2, 0.25) is 0 Å². The van der Waals surface area contributed by atoms with Crippen molar-refractivity contribution < 1.29 is 4.79 Å². The molecule has 1 amide bonds. The Morgan fingerprint density at radius 1 is 1.15 bits per heavy atom. The summed E-state index contributed by atoms with van der Waals surface area (Å²) >= 11 is 0. The van der Waals surface area contributed by atoms with Crippen LogP contribution in [0.1, 0.15) is 34.9 Å². The molecule has 1 aliphatic carbocycles. The second-order valence-electron chi connectivity index (χ2n) is 6.85. The molecule has 0 bridgehead atoms. The number of hydrogen-bond acceptors (Lipinski definition) is 3. The highest BCUT2D eigenvalue weighted by atomic mass is 16.2. The van der Waals surface area contributed by atoms with E-state index in [0.29, 0.717) is 12.5 Å². The predicted octanol–water partition coefficient (Wildman–Crippen LogP) is 3.30. The van der Waals surface area contributed by atoms with Gasteiger partial charge in [-0.05, 0) is 43.4 Å². The molecule has 132 valence electrons. The Labute approximate surface area is 153 Å². The van der Waals surface area contributed by atoms with Gasteiger partial charge in [-0.15, -0.1) is 0 Å². The summed E-state index contributed by atoms with van der Waals surface area (Å²) in [4.78, 5) is 21.3. The van der Waals surface area contributed by atoms with Crippen molar-refractivity contribution in [3.05, 3.63) is 77.5 Å². The minimum atomic E-state index is 0.0752. The number of pyridine rings is 1. The van der Waals surface area contributed by atoms with Crippen molar-refractivity contribution in [2.75, 3.05) is 0 Å². The number of hydrogen-bond donors (Lipinski definition) is 1. The fourth-order valence-electron chi connectivity index (χ4n) is 3.53. The molecule has 3 aromatic rings. The molecule has 1 saturated carbocycles. The first-order valence-electron chi connectivity index (χ1n) is 8.92. The maximum Gasteiger partial charge on any atom is 0.224 e.